The van der Waals surface area contributed by atoms with Gasteiger partial charge in [-0.2, -0.15) is 0 Å². The first-order valence-electron chi connectivity index (χ1n) is 6.90. The highest BCUT2D eigenvalue weighted by Gasteiger charge is 2.18. The summed E-state index contributed by atoms with van der Waals surface area (Å²) in [5.41, 5.74) is 10.1. The second-order valence-corrected chi connectivity index (χ2v) is 6.21. The third-order valence-corrected chi connectivity index (χ3v) is 4.25. The van der Waals surface area contributed by atoms with Gasteiger partial charge in [-0.15, -0.1) is 11.3 Å². The largest absolute Gasteiger partial charge is 0.352 e. The Bertz CT molecular complexity index is 719. The van der Waals surface area contributed by atoms with Gasteiger partial charge in [-0.05, 0) is 35.7 Å². The number of carbonyl (C=O) groups excluding carboxylic acids is 3. The van der Waals surface area contributed by atoms with Crippen molar-refractivity contribution in [3.63, 3.8) is 0 Å². The van der Waals surface area contributed by atoms with E-state index >= 15 is 0 Å². The molecule has 5 N–H and O–H groups in total. The topological polar surface area (TPSA) is 113 Å². The van der Waals surface area contributed by atoms with E-state index in [4.69, 9.17) is 17.3 Å². The van der Waals surface area contributed by atoms with E-state index in [0.29, 0.717) is 10.6 Å². The van der Waals surface area contributed by atoms with Gasteiger partial charge in [0.25, 0.3) is 5.91 Å². The van der Waals surface area contributed by atoms with Crippen molar-refractivity contribution in [2.45, 2.75) is 12.5 Å². The zero-order valence-electron chi connectivity index (χ0n) is 12.4. The van der Waals surface area contributed by atoms with Crippen LogP contribution in [0.1, 0.15) is 27.7 Å². The van der Waals surface area contributed by atoms with Crippen LogP contribution in [-0.2, 0) is 4.79 Å². The molecule has 1 aromatic heterocycles. The van der Waals surface area contributed by atoms with Gasteiger partial charge in [-0.3, -0.25) is 20.4 Å². The van der Waals surface area contributed by atoms with Crippen LogP contribution in [0, 0.1) is 0 Å². The van der Waals surface area contributed by atoms with Crippen molar-refractivity contribution in [3.05, 3.63) is 57.2 Å². The van der Waals surface area contributed by atoms with Crippen molar-refractivity contribution in [1.82, 2.24) is 16.2 Å². The van der Waals surface area contributed by atoms with Gasteiger partial charge in [0, 0.05) is 15.5 Å². The smallest absolute Gasteiger partial charge is 0.312 e. The molecule has 0 saturated carbocycles. The molecule has 4 amide bonds. The van der Waals surface area contributed by atoms with Crippen molar-refractivity contribution in [1.29, 1.82) is 0 Å². The van der Waals surface area contributed by atoms with Gasteiger partial charge in [0.15, 0.2) is 0 Å². The Labute approximate surface area is 147 Å². The summed E-state index contributed by atoms with van der Waals surface area (Å²) < 4.78 is 0. The van der Waals surface area contributed by atoms with E-state index in [0.717, 1.165) is 4.88 Å². The molecule has 1 heterocycles. The molecular weight excluding hydrogens is 352 g/mol. The minimum Gasteiger partial charge on any atom is -0.352 e. The first-order valence-corrected chi connectivity index (χ1v) is 8.15. The number of amides is 4. The Kier molecular flexibility index (Phi) is 6.16. The third-order valence-electron chi connectivity index (χ3n) is 3.01. The molecule has 0 radical (unpaired) electrons. The molecule has 0 aliphatic heterocycles. The molecule has 126 valence electrons. The zero-order chi connectivity index (χ0) is 17.5. The fourth-order valence-electron chi connectivity index (χ4n) is 1.92. The summed E-state index contributed by atoms with van der Waals surface area (Å²) >= 11 is 7.13. The number of rotatable bonds is 5. The fourth-order valence-corrected chi connectivity index (χ4v) is 2.82. The van der Waals surface area contributed by atoms with E-state index in [9.17, 15) is 14.4 Å². The molecule has 2 rings (SSSR count). The quantitative estimate of drug-likeness (QED) is 0.606. The van der Waals surface area contributed by atoms with Gasteiger partial charge in [0.2, 0.25) is 5.91 Å². The predicted octanol–water partition coefficient (Wildman–Crippen LogP) is 1.96. The van der Waals surface area contributed by atoms with Crippen LogP contribution in [0.2, 0.25) is 5.02 Å². The first-order chi connectivity index (χ1) is 11.5. The van der Waals surface area contributed by atoms with E-state index in [1.807, 2.05) is 5.38 Å². The Balaban J connectivity index is 1.90. The number of hydrogen-bond acceptors (Lipinski definition) is 4. The van der Waals surface area contributed by atoms with Crippen LogP contribution in [0.5, 0.6) is 0 Å². The average Bonchev–Trinajstić information content (AvgIpc) is 3.06. The third kappa shape index (κ3) is 5.25. The van der Waals surface area contributed by atoms with E-state index in [2.05, 4.69) is 16.2 Å². The van der Waals surface area contributed by atoms with Crippen LogP contribution < -0.4 is 21.9 Å². The molecule has 2 aromatic rings. The molecule has 1 aromatic carbocycles. The van der Waals surface area contributed by atoms with Crippen LogP contribution in [0.4, 0.5) is 4.79 Å². The number of benzene rings is 1. The highest BCUT2D eigenvalue weighted by molar-refractivity contribution is 7.10. The molecule has 1 atom stereocenters. The summed E-state index contributed by atoms with van der Waals surface area (Å²) in [6.45, 7) is 0. The zero-order valence-corrected chi connectivity index (χ0v) is 14.0. The number of urea groups is 1. The minimum atomic E-state index is -0.730. The molecule has 0 spiro atoms. The van der Waals surface area contributed by atoms with Crippen LogP contribution in [0.15, 0.2) is 41.8 Å². The number of primary amides is 1. The Morgan fingerprint density at radius 2 is 1.83 bits per heavy atom. The standard InChI is InChI=1S/C15H15ClN4O3S/c16-10-5-3-9(4-6-10)14(22)20-19-13(21)8-11(18-15(17)23)12-2-1-7-24-12/h1-7,11H,8H2,(H,19,21)(H,20,22)(H3,17,18,23). The summed E-state index contributed by atoms with van der Waals surface area (Å²) in [6.07, 6.45) is -0.0651. The van der Waals surface area contributed by atoms with Crippen molar-refractivity contribution in [3.8, 4) is 0 Å². The van der Waals surface area contributed by atoms with Gasteiger partial charge < -0.3 is 11.1 Å². The van der Waals surface area contributed by atoms with Crippen molar-refractivity contribution in [2.24, 2.45) is 5.73 Å². The Morgan fingerprint density at radius 1 is 1.12 bits per heavy atom. The van der Waals surface area contributed by atoms with Gasteiger partial charge >= 0.3 is 6.03 Å². The van der Waals surface area contributed by atoms with Crippen LogP contribution in [-0.4, -0.2) is 17.8 Å². The minimum absolute atomic E-state index is 0.0651. The lowest BCUT2D eigenvalue weighted by Gasteiger charge is -2.16. The van der Waals surface area contributed by atoms with Crippen LogP contribution >= 0.6 is 22.9 Å². The summed E-state index contributed by atoms with van der Waals surface area (Å²) in [5, 5.41) is 4.83. The molecule has 0 bridgehead atoms. The summed E-state index contributed by atoms with van der Waals surface area (Å²) in [7, 11) is 0. The van der Waals surface area contributed by atoms with Gasteiger partial charge in [-0.1, -0.05) is 17.7 Å². The second-order valence-electron chi connectivity index (χ2n) is 4.79. The maximum absolute atomic E-state index is 12.0. The van der Waals surface area contributed by atoms with E-state index in [1.165, 1.54) is 23.5 Å². The molecule has 7 nitrogen and oxygen atoms in total. The van der Waals surface area contributed by atoms with Gasteiger partial charge in [0.1, 0.15) is 0 Å². The molecule has 0 saturated heterocycles. The van der Waals surface area contributed by atoms with E-state index in [-0.39, 0.29) is 6.42 Å². The maximum atomic E-state index is 12.0. The summed E-state index contributed by atoms with van der Waals surface area (Å²) in [5.74, 6) is -0.944. The number of carbonyl (C=O) groups is 3. The Hall–Kier alpha value is -2.58. The SMILES string of the molecule is NC(=O)NC(CC(=O)NNC(=O)c1ccc(Cl)cc1)c1cccs1. The average molecular weight is 367 g/mol. The predicted molar refractivity (Wildman–Crippen MR) is 91.5 cm³/mol. The van der Waals surface area contributed by atoms with Crippen molar-refractivity contribution in [2.75, 3.05) is 0 Å². The van der Waals surface area contributed by atoms with E-state index < -0.39 is 23.9 Å². The molecule has 0 aliphatic carbocycles. The number of thiophene rings is 1. The molecule has 24 heavy (non-hydrogen) atoms. The monoisotopic (exact) mass is 366 g/mol. The fraction of sp³-hybridized carbons (Fsp3) is 0.133. The number of halogens is 1. The van der Waals surface area contributed by atoms with Crippen molar-refractivity contribution >= 4 is 40.8 Å². The lowest BCUT2D eigenvalue weighted by atomic mass is 10.1. The number of hydrogen-bond donors (Lipinski definition) is 4. The highest BCUT2D eigenvalue weighted by Crippen LogP contribution is 2.21. The second kappa shape index (κ2) is 8.32. The lowest BCUT2D eigenvalue weighted by molar-refractivity contribution is -0.122. The normalized spacial score (nSPS) is 11.4. The Morgan fingerprint density at radius 3 is 2.42 bits per heavy atom. The molecule has 1 unspecified atom stereocenters. The summed E-state index contributed by atoms with van der Waals surface area (Å²) in [4.78, 5) is 35.7. The van der Waals surface area contributed by atoms with Gasteiger partial charge in [-0.25, -0.2) is 4.79 Å². The first kappa shape index (κ1) is 17.8. The molecule has 0 fully saturated rings. The number of nitrogens with one attached hydrogen (secondary N) is 3. The number of hydrazine groups is 1. The van der Waals surface area contributed by atoms with E-state index in [1.54, 1.807) is 24.3 Å². The lowest BCUT2D eigenvalue weighted by Crippen LogP contribution is -2.43. The molecule has 9 heteroatoms. The van der Waals surface area contributed by atoms with Crippen LogP contribution in [0.3, 0.4) is 0 Å². The number of nitrogens with two attached hydrogens (primary N) is 1. The maximum Gasteiger partial charge on any atom is 0.312 e. The molecule has 0 aliphatic rings. The molecular formula is C15H15ClN4O3S. The summed E-state index contributed by atoms with van der Waals surface area (Å²) in [6, 6.07) is 8.51. The van der Waals surface area contributed by atoms with Gasteiger partial charge in [0.05, 0.1) is 12.5 Å². The highest BCUT2D eigenvalue weighted by atomic mass is 35.5. The van der Waals surface area contributed by atoms with Crippen LogP contribution in [0.25, 0.3) is 0 Å². The van der Waals surface area contributed by atoms with Crippen molar-refractivity contribution < 1.29 is 14.4 Å².